The Balaban J connectivity index is 2.97. The van der Waals surface area contributed by atoms with E-state index in [2.05, 4.69) is 0 Å². The van der Waals surface area contributed by atoms with E-state index >= 15 is 0 Å². The summed E-state index contributed by atoms with van der Waals surface area (Å²) in [7, 11) is 0. The van der Waals surface area contributed by atoms with Crippen LogP contribution in [0.25, 0.3) is 0 Å². The van der Waals surface area contributed by atoms with E-state index in [0.29, 0.717) is 3.57 Å². The van der Waals surface area contributed by atoms with Gasteiger partial charge in [0.15, 0.2) is 0 Å². The molecule has 1 rings (SSSR count). The van der Waals surface area contributed by atoms with E-state index in [1.807, 2.05) is 22.6 Å². The summed E-state index contributed by atoms with van der Waals surface area (Å²) < 4.78 is 13.4. The van der Waals surface area contributed by atoms with Crippen molar-refractivity contribution in [1.82, 2.24) is 0 Å². The van der Waals surface area contributed by atoms with Crippen LogP contribution in [0.15, 0.2) is 18.2 Å². The Bertz CT molecular complexity index is 304. The lowest BCUT2D eigenvalue weighted by molar-refractivity contribution is 0.164. The number of halogens is 2. The molecule has 2 atom stereocenters. The van der Waals surface area contributed by atoms with Gasteiger partial charge in [0, 0.05) is 3.57 Å². The van der Waals surface area contributed by atoms with Crippen molar-refractivity contribution in [3.8, 4) is 0 Å². The molecule has 0 aromatic heterocycles. The van der Waals surface area contributed by atoms with Crippen LogP contribution in [0.5, 0.6) is 0 Å². The van der Waals surface area contributed by atoms with Crippen LogP contribution in [0, 0.1) is 9.39 Å². The molecule has 0 radical (unpaired) electrons. The molecular formula is C9H11FINO. The van der Waals surface area contributed by atoms with Crippen LogP contribution in [0.3, 0.4) is 0 Å². The summed E-state index contributed by atoms with van der Waals surface area (Å²) in [6.45, 7) is 1.61. The van der Waals surface area contributed by atoms with Crippen LogP contribution in [0.1, 0.15) is 18.5 Å². The largest absolute Gasteiger partial charge is 0.391 e. The molecule has 0 aliphatic heterocycles. The maximum atomic E-state index is 12.9. The number of nitrogens with two attached hydrogens (primary N) is 1. The quantitative estimate of drug-likeness (QED) is 0.817. The Kier molecular flexibility index (Phi) is 3.63. The van der Waals surface area contributed by atoms with Crippen molar-refractivity contribution < 1.29 is 9.50 Å². The highest BCUT2D eigenvalue weighted by Crippen LogP contribution is 2.19. The molecule has 0 spiro atoms. The Morgan fingerprint density at radius 1 is 1.54 bits per heavy atom. The van der Waals surface area contributed by atoms with Gasteiger partial charge < -0.3 is 10.8 Å². The highest BCUT2D eigenvalue weighted by atomic mass is 127. The topological polar surface area (TPSA) is 46.2 Å². The first-order valence-corrected chi connectivity index (χ1v) is 4.99. The molecule has 4 heteroatoms. The second kappa shape index (κ2) is 4.34. The van der Waals surface area contributed by atoms with Crippen molar-refractivity contribution in [2.45, 2.75) is 19.1 Å². The third-order valence-electron chi connectivity index (χ3n) is 1.85. The van der Waals surface area contributed by atoms with Gasteiger partial charge in [0.05, 0.1) is 12.1 Å². The molecule has 1 aromatic rings. The van der Waals surface area contributed by atoms with Crippen LogP contribution in [0.2, 0.25) is 0 Å². The lowest BCUT2D eigenvalue weighted by Crippen LogP contribution is -2.23. The maximum Gasteiger partial charge on any atom is 0.136 e. The molecule has 0 saturated heterocycles. The van der Waals surface area contributed by atoms with E-state index in [1.54, 1.807) is 19.1 Å². The zero-order valence-electron chi connectivity index (χ0n) is 7.17. The zero-order valence-corrected chi connectivity index (χ0v) is 9.32. The summed E-state index contributed by atoms with van der Waals surface area (Å²) in [5.74, 6) is -0.262. The Hall–Kier alpha value is -0.200. The fourth-order valence-electron chi connectivity index (χ4n) is 0.998. The summed E-state index contributed by atoms with van der Waals surface area (Å²) in [5, 5.41) is 9.21. The van der Waals surface area contributed by atoms with Crippen molar-refractivity contribution in [2.24, 2.45) is 5.73 Å². The van der Waals surface area contributed by atoms with Gasteiger partial charge in [-0.3, -0.25) is 0 Å². The average Bonchev–Trinajstić information content (AvgIpc) is 2.08. The first-order chi connectivity index (χ1) is 6.02. The highest BCUT2D eigenvalue weighted by Gasteiger charge is 2.12. The van der Waals surface area contributed by atoms with Crippen molar-refractivity contribution in [3.05, 3.63) is 33.1 Å². The molecule has 0 bridgehead atoms. The van der Waals surface area contributed by atoms with Gasteiger partial charge in [0.25, 0.3) is 0 Å². The number of aliphatic hydroxyl groups is 1. The summed E-state index contributed by atoms with van der Waals surface area (Å²) >= 11 is 1.89. The summed E-state index contributed by atoms with van der Waals surface area (Å²) in [4.78, 5) is 0. The summed E-state index contributed by atoms with van der Waals surface area (Å²) in [5.41, 5.74) is 6.43. The molecule has 0 unspecified atom stereocenters. The number of hydrogen-bond acceptors (Lipinski definition) is 2. The minimum absolute atomic E-state index is 0.262. The van der Waals surface area contributed by atoms with E-state index in [9.17, 15) is 9.50 Å². The smallest absolute Gasteiger partial charge is 0.136 e. The van der Waals surface area contributed by atoms with Crippen molar-refractivity contribution >= 4 is 22.6 Å². The normalized spacial score (nSPS) is 15.5. The van der Waals surface area contributed by atoms with Crippen molar-refractivity contribution in [2.75, 3.05) is 0 Å². The lowest BCUT2D eigenvalue weighted by atomic mass is 10.0. The van der Waals surface area contributed by atoms with Crippen LogP contribution in [-0.4, -0.2) is 11.2 Å². The van der Waals surface area contributed by atoms with Gasteiger partial charge in [-0.2, -0.15) is 0 Å². The molecule has 0 aliphatic carbocycles. The van der Waals surface area contributed by atoms with Crippen LogP contribution in [0.4, 0.5) is 4.39 Å². The molecule has 3 N–H and O–H groups in total. The number of aliphatic hydroxyl groups excluding tert-OH is 1. The third kappa shape index (κ3) is 2.62. The molecule has 13 heavy (non-hydrogen) atoms. The van der Waals surface area contributed by atoms with Crippen molar-refractivity contribution in [1.29, 1.82) is 0 Å². The van der Waals surface area contributed by atoms with Crippen LogP contribution < -0.4 is 5.73 Å². The standard InChI is InChI=1S/C9H11FINO/c1-5(13)9(12)6-2-3-7(10)8(11)4-6/h2-5,9,13H,12H2,1H3/t5-,9-/m1/s1. The Labute approximate surface area is 90.1 Å². The molecule has 1 aromatic carbocycles. The molecule has 0 saturated carbocycles. The first-order valence-electron chi connectivity index (χ1n) is 3.91. The monoisotopic (exact) mass is 295 g/mol. The number of rotatable bonds is 2. The van der Waals surface area contributed by atoms with Gasteiger partial charge >= 0.3 is 0 Å². The summed E-state index contributed by atoms with van der Waals surface area (Å²) in [6, 6.07) is 4.15. The van der Waals surface area contributed by atoms with Gasteiger partial charge in [-0.15, -0.1) is 0 Å². The number of benzene rings is 1. The molecule has 72 valence electrons. The molecule has 2 nitrogen and oxygen atoms in total. The molecule has 0 fully saturated rings. The minimum atomic E-state index is -0.624. The lowest BCUT2D eigenvalue weighted by Gasteiger charge is -2.15. The second-order valence-electron chi connectivity index (χ2n) is 2.94. The molecular weight excluding hydrogens is 284 g/mol. The fourth-order valence-corrected chi connectivity index (χ4v) is 1.54. The molecule has 0 aliphatic rings. The zero-order chi connectivity index (χ0) is 10.0. The van der Waals surface area contributed by atoms with Crippen LogP contribution >= 0.6 is 22.6 Å². The minimum Gasteiger partial charge on any atom is -0.391 e. The predicted molar refractivity (Wildman–Crippen MR) is 57.7 cm³/mol. The van der Waals surface area contributed by atoms with Gasteiger partial charge in [-0.1, -0.05) is 6.07 Å². The maximum absolute atomic E-state index is 12.9. The van der Waals surface area contributed by atoms with Gasteiger partial charge in [-0.25, -0.2) is 4.39 Å². The van der Waals surface area contributed by atoms with E-state index in [4.69, 9.17) is 5.73 Å². The van der Waals surface area contributed by atoms with Crippen molar-refractivity contribution in [3.63, 3.8) is 0 Å². The van der Waals surface area contributed by atoms with Gasteiger partial charge in [0.2, 0.25) is 0 Å². The van der Waals surface area contributed by atoms with Crippen LogP contribution in [-0.2, 0) is 0 Å². The Morgan fingerprint density at radius 3 is 2.62 bits per heavy atom. The molecule has 0 amide bonds. The Morgan fingerprint density at radius 2 is 2.15 bits per heavy atom. The van der Waals surface area contributed by atoms with E-state index < -0.39 is 12.1 Å². The van der Waals surface area contributed by atoms with E-state index in [0.717, 1.165) is 5.56 Å². The predicted octanol–water partition coefficient (Wildman–Crippen LogP) is 1.81. The third-order valence-corrected chi connectivity index (χ3v) is 2.67. The summed E-state index contributed by atoms with van der Waals surface area (Å²) in [6.07, 6.45) is -0.624. The average molecular weight is 295 g/mol. The molecule has 0 heterocycles. The SMILES string of the molecule is C[C@@H](O)[C@@H](N)c1ccc(F)c(I)c1. The fraction of sp³-hybridized carbons (Fsp3) is 0.333. The van der Waals surface area contributed by atoms with Gasteiger partial charge in [-0.05, 0) is 47.2 Å². The highest BCUT2D eigenvalue weighted by molar-refractivity contribution is 14.1. The van der Waals surface area contributed by atoms with E-state index in [1.165, 1.54) is 6.07 Å². The number of hydrogen-bond donors (Lipinski definition) is 2. The second-order valence-corrected chi connectivity index (χ2v) is 4.10. The first kappa shape index (κ1) is 10.9. The van der Waals surface area contributed by atoms with Gasteiger partial charge in [0.1, 0.15) is 5.82 Å². The van der Waals surface area contributed by atoms with E-state index in [-0.39, 0.29) is 5.82 Å².